The average Bonchev–Trinajstić information content (AvgIpc) is 4.08. The Labute approximate surface area is 312 Å². The molecule has 2 aromatic rings. The van der Waals surface area contributed by atoms with E-state index in [4.69, 9.17) is 9.47 Å². The molecule has 5 aliphatic rings. The van der Waals surface area contributed by atoms with E-state index in [1.165, 1.54) is 0 Å². The van der Waals surface area contributed by atoms with E-state index in [0.29, 0.717) is 25.1 Å². The summed E-state index contributed by atoms with van der Waals surface area (Å²) in [5, 5.41) is 1.16. The van der Waals surface area contributed by atoms with Crippen LogP contribution in [0, 0.1) is 29.1 Å². The minimum Gasteiger partial charge on any atom is -0.472 e. The number of hydrogen-bond acceptors (Lipinski definition) is 9. The van der Waals surface area contributed by atoms with Gasteiger partial charge < -0.3 is 14.4 Å². The third kappa shape index (κ3) is 8.07. The quantitative estimate of drug-likeness (QED) is 0.244. The summed E-state index contributed by atoms with van der Waals surface area (Å²) in [5.41, 5.74) is -0.298. The Morgan fingerprint density at radius 1 is 1.11 bits per heavy atom. The van der Waals surface area contributed by atoms with E-state index in [2.05, 4.69) is 29.3 Å². The SMILES string of the molecule is C=C[C@H]1C[C@]1(CC(=O)[C@@H]1C[C@@H]2CN1C(=O)[C@H](C1CCCCC1)CC(=O)OC[C@H](CC)C/C=C/c1ccc3ccnc(c3c1)O2)C(=O)NS(=O)(=O)C1CC1. The van der Waals surface area contributed by atoms with Crippen molar-refractivity contribution >= 4 is 50.4 Å². The maximum absolute atomic E-state index is 14.8. The molecule has 2 aliphatic heterocycles. The summed E-state index contributed by atoms with van der Waals surface area (Å²) < 4.78 is 40.2. The second-order valence-corrected chi connectivity index (χ2v) is 17.9. The number of pyridine rings is 1. The van der Waals surface area contributed by atoms with Crippen LogP contribution >= 0.6 is 0 Å². The number of sulfonamides is 1. The maximum atomic E-state index is 14.8. The van der Waals surface area contributed by atoms with Gasteiger partial charge in [0.25, 0.3) is 0 Å². The third-order valence-corrected chi connectivity index (χ3v) is 14.1. The van der Waals surface area contributed by atoms with Gasteiger partial charge in [0.2, 0.25) is 27.7 Å². The molecule has 53 heavy (non-hydrogen) atoms. The van der Waals surface area contributed by atoms with Gasteiger partial charge in [0.05, 0.1) is 42.2 Å². The second-order valence-electron chi connectivity index (χ2n) is 15.9. The summed E-state index contributed by atoms with van der Waals surface area (Å²) >= 11 is 0. The Balaban J connectivity index is 1.22. The molecular weight excluding hydrogens is 695 g/mol. The van der Waals surface area contributed by atoms with Gasteiger partial charge in [-0.25, -0.2) is 13.4 Å². The Morgan fingerprint density at radius 2 is 1.91 bits per heavy atom. The molecule has 0 unspecified atom stereocenters. The molecule has 11 nitrogen and oxygen atoms in total. The van der Waals surface area contributed by atoms with Crippen molar-refractivity contribution in [3.63, 3.8) is 0 Å². The number of ketones is 1. The summed E-state index contributed by atoms with van der Waals surface area (Å²) in [7, 11) is -3.83. The Morgan fingerprint density at radius 3 is 2.62 bits per heavy atom. The van der Waals surface area contributed by atoms with Crippen molar-refractivity contribution in [3.05, 3.63) is 54.8 Å². The summed E-state index contributed by atoms with van der Waals surface area (Å²) in [4.78, 5) is 62.5. The lowest BCUT2D eigenvalue weighted by atomic mass is 9.77. The number of nitrogens with one attached hydrogen (secondary N) is 1. The van der Waals surface area contributed by atoms with Crippen molar-refractivity contribution in [2.45, 2.75) is 108 Å². The number of Topliss-reactive ketones (excluding diaryl/α,β-unsaturated/α-hetero) is 1. The van der Waals surface area contributed by atoms with Gasteiger partial charge in [-0.15, -0.1) is 6.58 Å². The van der Waals surface area contributed by atoms with Crippen LogP contribution in [0.2, 0.25) is 0 Å². The van der Waals surface area contributed by atoms with Crippen molar-refractivity contribution in [2.75, 3.05) is 13.2 Å². The number of allylic oxidation sites excluding steroid dienone is 2. The molecule has 1 saturated heterocycles. The number of esters is 1. The van der Waals surface area contributed by atoms with Crippen LogP contribution in [0.4, 0.5) is 0 Å². The Kier molecular flexibility index (Phi) is 10.8. The molecule has 7 rings (SSSR count). The normalized spacial score (nSPS) is 30.5. The third-order valence-electron chi connectivity index (χ3n) is 12.3. The first-order valence-corrected chi connectivity index (χ1v) is 20.9. The molecule has 3 aliphatic carbocycles. The van der Waals surface area contributed by atoms with Crippen molar-refractivity contribution in [1.82, 2.24) is 14.6 Å². The van der Waals surface area contributed by atoms with Gasteiger partial charge in [0.1, 0.15) is 6.10 Å². The van der Waals surface area contributed by atoms with Crippen LogP contribution in [0.1, 0.15) is 96.0 Å². The molecule has 1 aromatic heterocycles. The van der Waals surface area contributed by atoms with E-state index in [1.54, 1.807) is 17.2 Å². The molecule has 2 amide bonds. The zero-order chi connectivity index (χ0) is 37.3. The number of nitrogens with zero attached hydrogens (tertiary/aromatic N) is 2. The van der Waals surface area contributed by atoms with Crippen molar-refractivity contribution in [3.8, 4) is 5.88 Å². The number of hydrogen-bond donors (Lipinski definition) is 1. The zero-order valence-electron chi connectivity index (χ0n) is 30.5. The Bertz CT molecular complexity index is 1900. The smallest absolute Gasteiger partial charge is 0.306 e. The average molecular weight is 746 g/mol. The van der Waals surface area contributed by atoms with Crippen LogP contribution in [-0.4, -0.2) is 72.4 Å². The number of carbonyl (C=O) groups is 4. The lowest BCUT2D eigenvalue weighted by molar-refractivity contribution is -0.153. The minimum atomic E-state index is -3.83. The fraction of sp³-hybridized carbons (Fsp3) is 0.585. The number of amides is 2. The van der Waals surface area contributed by atoms with Gasteiger partial charge in [0.15, 0.2) is 5.78 Å². The van der Waals surface area contributed by atoms with Gasteiger partial charge in [0, 0.05) is 24.4 Å². The molecule has 284 valence electrons. The second kappa shape index (κ2) is 15.4. The molecule has 3 saturated carbocycles. The van der Waals surface area contributed by atoms with E-state index in [0.717, 1.165) is 61.3 Å². The van der Waals surface area contributed by atoms with Gasteiger partial charge >= 0.3 is 5.97 Å². The van der Waals surface area contributed by atoms with Gasteiger partial charge in [-0.2, -0.15) is 0 Å². The number of fused-ring (bicyclic) bond motifs is 3. The van der Waals surface area contributed by atoms with Crippen LogP contribution in [0.15, 0.2) is 49.2 Å². The molecule has 6 atom stereocenters. The van der Waals surface area contributed by atoms with Gasteiger partial charge in [-0.05, 0) is 85.8 Å². The lowest BCUT2D eigenvalue weighted by Gasteiger charge is -2.34. The maximum Gasteiger partial charge on any atom is 0.306 e. The summed E-state index contributed by atoms with van der Waals surface area (Å²) in [5.74, 6) is -2.30. The highest BCUT2D eigenvalue weighted by Crippen LogP contribution is 2.57. The number of benzene rings is 1. The molecule has 1 N–H and O–H groups in total. The molecule has 12 heteroatoms. The van der Waals surface area contributed by atoms with E-state index >= 15 is 0 Å². The lowest BCUT2D eigenvalue weighted by Crippen LogP contribution is -2.48. The van der Waals surface area contributed by atoms with Crippen molar-refractivity contribution in [2.24, 2.45) is 29.1 Å². The van der Waals surface area contributed by atoms with Gasteiger partial charge in [-0.3, -0.25) is 23.9 Å². The number of ether oxygens (including phenoxy) is 2. The van der Waals surface area contributed by atoms with E-state index in [1.807, 2.05) is 30.3 Å². The predicted molar refractivity (Wildman–Crippen MR) is 200 cm³/mol. The highest BCUT2D eigenvalue weighted by Gasteiger charge is 2.61. The molecule has 0 spiro atoms. The largest absolute Gasteiger partial charge is 0.472 e. The van der Waals surface area contributed by atoms with E-state index in [-0.39, 0.29) is 61.9 Å². The van der Waals surface area contributed by atoms with Crippen LogP contribution in [-0.2, 0) is 33.9 Å². The highest BCUT2D eigenvalue weighted by molar-refractivity contribution is 7.90. The molecule has 4 fully saturated rings. The van der Waals surface area contributed by atoms with Gasteiger partial charge in [-0.1, -0.05) is 56.5 Å². The standard InChI is InChI=1S/C41H51N3O8S/c1-3-26-9-8-10-27-13-14-29-17-18-42-38(33(29)19-27)52-31-20-35(36(45)23-41(22-30(41)4-2)40(48)43-53(49,50)32-15-16-32)44(24-31)39(47)34(21-37(46)51-25-26)28-11-6-5-7-12-28/h4,8,10,13-14,17-19,26,28,30-32,34-35H,2-3,5-7,9,11-12,15-16,20-25H2,1H3,(H,43,48)/b10-8+/t26-,30+,31-,34+,35+,41-/m1/s1. The molecule has 4 bridgehead atoms. The fourth-order valence-electron chi connectivity index (χ4n) is 8.66. The van der Waals surface area contributed by atoms with Crippen molar-refractivity contribution < 1.29 is 37.1 Å². The number of rotatable bonds is 9. The molecular formula is C41H51N3O8S. The minimum absolute atomic E-state index is 0.0356. The van der Waals surface area contributed by atoms with Crippen molar-refractivity contribution in [1.29, 1.82) is 0 Å². The van der Waals surface area contributed by atoms with Crippen LogP contribution in [0.5, 0.6) is 5.88 Å². The fourth-order valence-corrected chi connectivity index (χ4v) is 10.0. The highest BCUT2D eigenvalue weighted by atomic mass is 32.2. The first-order chi connectivity index (χ1) is 25.5. The Hall–Kier alpha value is -4.06. The van der Waals surface area contributed by atoms with Crippen LogP contribution < -0.4 is 9.46 Å². The van der Waals surface area contributed by atoms with Crippen LogP contribution in [0.25, 0.3) is 16.8 Å². The molecule has 3 heterocycles. The number of aromatic nitrogens is 1. The molecule has 0 radical (unpaired) electrons. The topological polar surface area (TPSA) is 149 Å². The summed E-state index contributed by atoms with van der Waals surface area (Å²) in [6.45, 7) is 6.27. The monoisotopic (exact) mass is 745 g/mol. The number of carbonyl (C=O) groups excluding carboxylic acids is 4. The predicted octanol–water partition coefficient (Wildman–Crippen LogP) is 5.92. The molecule has 1 aromatic carbocycles. The summed E-state index contributed by atoms with van der Waals surface area (Å²) in [6, 6.07) is 7.01. The first-order valence-electron chi connectivity index (χ1n) is 19.4. The van der Waals surface area contributed by atoms with E-state index < -0.39 is 50.6 Å². The zero-order valence-corrected chi connectivity index (χ0v) is 31.4. The number of cyclic esters (lactones) is 1. The first kappa shape index (κ1) is 37.3. The van der Waals surface area contributed by atoms with E-state index in [9.17, 15) is 27.6 Å². The summed E-state index contributed by atoms with van der Waals surface area (Å²) in [6.07, 6.45) is 14.1. The van der Waals surface area contributed by atoms with Crippen LogP contribution in [0.3, 0.4) is 0 Å².